The molecule has 3 aromatic rings. The van der Waals surface area contributed by atoms with Crippen LogP contribution in [0.4, 0.5) is 10.5 Å². The van der Waals surface area contributed by atoms with E-state index in [4.69, 9.17) is 10.00 Å². The highest BCUT2D eigenvalue weighted by Gasteiger charge is 2.34. The molecule has 2 atom stereocenters. The van der Waals surface area contributed by atoms with Crippen LogP contribution in [0.25, 0.3) is 11.0 Å². The molecule has 0 spiro atoms. The van der Waals surface area contributed by atoms with Gasteiger partial charge in [0.05, 0.1) is 23.5 Å². The fourth-order valence-corrected chi connectivity index (χ4v) is 4.94. The van der Waals surface area contributed by atoms with Crippen molar-refractivity contribution < 1.29 is 14.3 Å². The topological polar surface area (TPSA) is 100 Å². The second-order valence-electron chi connectivity index (χ2n) is 10.6. The van der Waals surface area contributed by atoms with Gasteiger partial charge >= 0.3 is 6.09 Å². The minimum absolute atomic E-state index is 0.0393. The first-order chi connectivity index (χ1) is 17.0. The zero-order chi connectivity index (χ0) is 26.2. The Hall–Kier alpha value is -3.86. The monoisotopic (exact) mass is 487 g/mol. The van der Waals surface area contributed by atoms with Crippen molar-refractivity contribution in [3.63, 3.8) is 0 Å². The number of nitrogens with zero attached hydrogens (tertiary/aromatic N) is 4. The molecule has 0 bridgehead atoms. The summed E-state index contributed by atoms with van der Waals surface area (Å²) < 4.78 is 7.62. The van der Waals surface area contributed by atoms with Crippen LogP contribution in [0.5, 0.6) is 0 Å². The first-order valence-corrected chi connectivity index (χ1v) is 12.2. The van der Waals surface area contributed by atoms with E-state index >= 15 is 0 Å². The molecule has 0 aliphatic carbocycles. The Kier molecular flexibility index (Phi) is 6.77. The number of pyridine rings is 1. The van der Waals surface area contributed by atoms with Gasteiger partial charge in [0.25, 0.3) is 5.91 Å². The van der Waals surface area contributed by atoms with Crippen molar-refractivity contribution in [2.45, 2.75) is 65.0 Å². The summed E-state index contributed by atoms with van der Waals surface area (Å²) >= 11 is 0. The van der Waals surface area contributed by atoms with Gasteiger partial charge in [-0.3, -0.25) is 4.79 Å². The van der Waals surface area contributed by atoms with Gasteiger partial charge in [-0.15, -0.1) is 0 Å². The predicted octanol–water partition coefficient (Wildman–Crippen LogP) is 5.51. The van der Waals surface area contributed by atoms with E-state index < -0.39 is 5.60 Å². The molecule has 1 fully saturated rings. The number of aryl methyl sites for hydroxylation is 2. The van der Waals surface area contributed by atoms with Gasteiger partial charge in [0.15, 0.2) is 0 Å². The summed E-state index contributed by atoms with van der Waals surface area (Å²) in [6, 6.07) is 8.73. The minimum Gasteiger partial charge on any atom is -0.444 e. The molecular weight excluding hydrogens is 454 g/mol. The van der Waals surface area contributed by atoms with Gasteiger partial charge in [-0.05, 0) is 82.7 Å². The summed E-state index contributed by atoms with van der Waals surface area (Å²) in [4.78, 5) is 32.0. The van der Waals surface area contributed by atoms with Gasteiger partial charge in [0.1, 0.15) is 11.2 Å². The van der Waals surface area contributed by atoms with Crippen LogP contribution in [0.1, 0.15) is 73.5 Å². The molecule has 8 nitrogen and oxygen atoms in total. The lowest BCUT2D eigenvalue weighted by atomic mass is 9.85. The van der Waals surface area contributed by atoms with Crippen molar-refractivity contribution in [2.24, 2.45) is 7.05 Å². The fourth-order valence-electron chi connectivity index (χ4n) is 4.94. The smallest absolute Gasteiger partial charge is 0.410 e. The number of ether oxygens (including phenoxy) is 1. The number of nitriles is 1. The minimum atomic E-state index is -0.525. The first kappa shape index (κ1) is 25.2. The zero-order valence-electron chi connectivity index (χ0n) is 21.8. The van der Waals surface area contributed by atoms with Crippen molar-refractivity contribution in [1.29, 1.82) is 5.26 Å². The van der Waals surface area contributed by atoms with E-state index in [2.05, 4.69) is 29.5 Å². The van der Waals surface area contributed by atoms with Crippen molar-refractivity contribution in [1.82, 2.24) is 14.5 Å². The summed E-state index contributed by atoms with van der Waals surface area (Å²) in [5.41, 5.74) is 3.95. The number of amides is 2. The number of aromatic nitrogens is 2. The van der Waals surface area contributed by atoms with Crippen LogP contribution >= 0.6 is 0 Å². The van der Waals surface area contributed by atoms with E-state index in [1.807, 2.05) is 44.2 Å². The molecule has 36 heavy (non-hydrogen) atoms. The van der Waals surface area contributed by atoms with E-state index in [1.54, 1.807) is 30.5 Å². The number of carbonyl (C=O) groups excluding carboxylic acids is 2. The van der Waals surface area contributed by atoms with Crippen LogP contribution in [0, 0.1) is 18.3 Å². The third-order valence-corrected chi connectivity index (χ3v) is 6.72. The normalized spacial score (nSPS) is 18.1. The number of hydrogen-bond acceptors (Lipinski definition) is 5. The van der Waals surface area contributed by atoms with E-state index in [-0.39, 0.29) is 24.0 Å². The molecule has 8 heteroatoms. The Labute approximate surface area is 211 Å². The van der Waals surface area contributed by atoms with Crippen LogP contribution in [0.2, 0.25) is 0 Å². The van der Waals surface area contributed by atoms with Gasteiger partial charge in [-0.1, -0.05) is 6.07 Å². The van der Waals surface area contributed by atoms with E-state index in [9.17, 15) is 9.59 Å². The van der Waals surface area contributed by atoms with Crippen LogP contribution in [-0.2, 0) is 11.8 Å². The van der Waals surface area contributed by atoms with Crippen LogP contribution in [-0.4, -0.2) is 44.6 Å². The summed E-state index contributed by atoms with van der Waals surface area (Å²) in [6.45, 7) is 10.3. The lowest BCUT2D eigenvalue weighted by Gasteiger charge is -2.38. The lowest BCUT2D eigenvalue weighted by molar-refractivity contribution is 0.0104. The van der Waals surface area contributed by atoms with Crippen molar-refractivity contribution >= 4 is 28.7 Å². The highest BCUT2D eigenvalue weighted by molar-refractivity contribution is 6.06. The number of benzene rings is 1. The number of fused-ring (bicyclic) bond motifs is 1. The number of anilines is 1. The van der Waals surface area contributed by atoms with Gasteiger partial charge in [0.2, 0.25) is 0 Å². The Morgan fingerprint density at radius 2 is 2.03 bits per heavy atom. The molecule has 1 aliphatic rings. The summed E-state index contributed by atoms with van der Waals surface area (Å²) in [6.07, 6.45) is 5.17. The van der Waals surface area contributed by atoms with E-state index in [0.29, 0.717) is 23.4 Å². The molecule has 2 amide bonds. The summed E-state index contributed by atoms with van der Waals surface area (Å²) in [5, 5.41) is 13.1. The predicted molar refractivity (Wildman–Crippen MR) is 139 cm³/mol. The third-order valence-electron chi connectivity index (χ3n) is 6.72. The maximum Gasteiger partial charge on any atom is 0.410 e. The molecule has 1 aliphatic heterocycles. The second-order valence-corrected chi connectivity index (χ2v) is 10.6. The van der Waals surface area contributed by atoms with Gasteiger partial charge in [0, 0.05) is 36.8 Å². The van der Waals surface area contributed by atoms with Gasteiger partial charge in [-0.2, -0.15) is 5.26 Å². The Morgan fingerprint density at radius 1 is 1.28 bits per heavy atom. The van der Waals surface area contributed by atoms with E-state index in [1.165, 1.54) is 5.56 Å². The molecule has 1 N–H and O–H groups in total. The van der Waals surface area contributed by atoms with Gasteiger partial charge in [-0.25, -0.2) is 9.78 Å². The summed E-state index contributed by atoms with van der Waals surface area (Å²) in [7, 11) is 1.98. The summed E-state index contributed by atoms with van der Waals surface area (Å²) in [5.74, 6) is -0.0331. The Morgan fingerprint density at radius 3 is 2.69 bits per heavy atom. The molecule has 1 saturated heterocycles. The number of piperidine rings is 1. The number of hydrogen-bond donors (Lipinski definition) is 1. The Balaban J connectivity index is 1.60. The molecule has 4 rings (SSSR count). The maximum absolute atomic E-state index is 12.9. The van der Waals surface area contributed by atoms with Crippen molar-refractivity contribution in [3.8, 4) is 6.07 Å². The number of likely N-dealkylation sites (tertiary alicyclic amines) is 1. The zero-order valence-corrected chi connectivity index (χ0v) is 21.8. The molecule has 1 aromatic carbocycles. The molecule has 0 radical (unpaired) electrons. The quantitative estimate of drug-likeness (QED) is 0.525. The highest BCUT2D eigenvalue weighted by atomic mass is 16.6. The number of nitrogens with one attached hydrogen (secondary N) is 1. The third kappa shape index (κ3) is 5.06. The molecule has 0 unspecified atom stereocenters. The highest BCUT2D eigenvalue weighted by Crippen LogP contribution is 2.39. The molecule has 188 valence electrons. The van der Waals surface area contributed by atoms with E-state index in [0.717, 1.165) is 29.4 Å². The standard InChI is InChI=1S/C28H33N5O3/c1-17-12-20(10-11-33(17)27(35)36-28(3,4)5)22-16-32(6)25-24(22)18(2)23(15-30-25)31-26(34)21-9-7-8-19(13-21)14-29/h7-9,13,15-17,20H,10-12H2,1-6H3,(H,31,34)/t17-,20+/m0/s1. The first-order valence-electron chi connectivity index (χ1n) is 12.2. The average Bonchev–Trinajstić information content (AvgIpc) is 3.16. The number of rotatable bonds is 3. The maximum atomic E-state index is 12.9. The van der Waals surface area contributed by atoms with Crippen molar-refractivity contribution in [3.05, 3.63) is 58.9 Å². The second kappa shape index (κ2) is 9.65. The van der Waals surface area contributed by atoms with Gasteiger partial charge < -0.3 is 19.5 Å². The van der Waals surface area contributed by atoms with Crippen LogP contribution < -0.4 is 5.32 Å². The fraction of sp³-hybridized carbons (Fsp3) is 0.429. The SMILES string of the molecule is Cc1c(NC(=O)c2cccc(C#N)c2)cnc2c1c([C@@H]1CCN(C(=O)OC(C)(C)C)[C@@H](C)C1)cn2C. The van der Waals surface area contributed by atoms with Crippen LogP contribution in [0.3, 0.4) is 0 Å². The molecule has 0 saturated carbocycles. The van der Waals surface area contributed by atoms with Crippen molar-refractivity contribution in [2.75, 3.05) is 11.9 Å². The van der Waals surface area contributed by atoms with Crippen LogP contribution in [0.15, 0.2) is 36.7 Å². The number of carbonyl (C=O) groups is 2. The lowest BCUT2D eigenvalue weighted by Crippen LogP contribution is -2.46. The largest absolute Gasteiger partial charge is 0.444 e. The Bertz CT molecular complexity index is 1360. The molecular formula is C28H33N5O3. The molecule has 2 aromatic heterocycles. The average molecular weight is 488 g/mol. The molecule has 3 heterocycles.